The van der Waals surface area contributed by atoms with Crippen molar-refractivity contribution in [1.82, 2.24) is 29.1 Å². The summed E-state index contributed by atoms with van der Waals surface area (Å²) in [7, 11) is -8.64. The topological polar surface area (TPSA) is 318 Å². The molecule has 5 rings (SSSR count). The summed E-state index contributed by atoms with van der Waals surface area (Å²) in [4.78, 5) is 56.8. The highest BCUT2D eigenvalue weighted by Crippen LogP contribution is 2.50. The van der Waals surface area contributed by atoms with E-state index in [4.69, 9.17) is 24.3 Å². The SMILES string of the molecule is CNc1ncnc2c1ncn2[C@@H]1O[C@H](COP(=O)(O)O)[C@@H](OP(=O)(O)OC[C@H]2O[C@@H](n3ccc(N)nc3=O)[C@H](O)[C@@H]2O)[C@H]1O. The van der Waals surface area contributed by atoms with E-state index in [0.29, 0.717) is 5.82 Å². The molecule has 24 heteroatoms. The van der Waals surface area contributed by atoms with Crippen LogP contribution in [0.1, 0.15) is 12.5 Å². The van der Waals surface area contributed by atoms with Gasteiger partial charge in [0.15, 0.2) is 23.9 Å². The van der Waals surface area contributed by atoms with Gasteiger partial charge in [0.1, 0.15) is 54.3 Å². The molecule has 2 aliphatic heterocycles. The van der Waals surface area contributed by atoms with E-state index in [-0.39, 0.29) is 17.0 Å². The van der Waals surface area contributed by atoms with E-state index < -0.39 is 83.6 Å². The molecular formula is C20H28N8O14P2. The molecule has 2 fully saturated rings. The first kappa shape index (κ1) is 32.4. The van der Waals surface area contributed by atoms with Crippen LogP contribution in [0.2, 0.25) is 0 Å². The fourth-order valence-corrected chi connectivity index (χ4v) is 5.98. The number of nitrogens with zero attached hydrogens (tertiary/aromatic N) is 6. The summed E-state index contributed by atoms with van der Waals surface area (Å²) < 4.78 is 52.2. The van der Waals surface area contributed by atoms with Gasteiger partial charge in [-0.15, -0.1) is 0 Å². The zero-order chi connectivity index (χ0) is 32.0. The lowest BCUT2D eigenvalue weighted by atomic mass is 10.1. The molecule has 3 aromatic heterocycles. The minimum absolute atomic E-state index is 0.0976. The van der Waals surface area contributed by atoms with Gasteiger partial charge in [-0.2, -0.15) is 4.98 Å². The molecule has 1 unspecified atom stereocenters. The molecule has 242 valence electrons. The monoisotopic (exact) mass is 666 g/mol. The number of fused-ring (bicyclic) bond motifs is 1. The molecule has 0 saturated carbocycles. The van der Waals surface area contributed by atoms with Gasteiger partial charge >= 0.3 is 21.3 Å². The molecule has 44 heavy (non-hydrogen) atoms. The molecule has 3 aromatic rings. The van der Waals surface area contributed by atoms with Crippen LogP contribution >= 0.6 is 15.6 Å². The number of aliphatic hydroxyl groups is 3. The molecule has 9 atom stereocenters. The van der Waals surface area contributed by atoms with Crippen LogP contribution in [-0.2, 0) is 32.2 Å². The van der Waals surface area contributed by atoms with Gasteiger partial charge in [0, 0.05) is 13.2 Å². The number of phosphoric ester groups is 2. The van der Waals surface area contributed by atoms with Crippen molar-refractivity contribution in [2.75, 3.05) is 31.3 Å². The van der Waals surface area contributed by atoms with Gasteiger partial charge < -0.3 is 50.5 Å². The van der Waals surface area contributed by atoms with Gasteiger partial charge in [-0.05, 0) is 6.07 Å². The van der Waals surface area contributed by atoms with Gasteiger partial charge in [-0.25, -0.2) is 28.9 Å². The number of nitrogens with one attached hydrogen (secondary N) is 1. The zero-order valence-corrected chi connectivity index (χ0v) is 24.2. The van der Waals surface area contributed by atoms with Crippen molar-refractivity contribution in [2.45, 2.75) is 49.1 Å². The van der Waals surface area contributed by atoms with Crippen LogP contribution in [0.25, 0.3) is 11.2 Å². The van der Waals surface area contributed by atoms with Crippen LogP contribution in [0.4, 0.5) is 11.6 Å². The van der Waals surface area contributed by atoms with E-state index in [9.17, 15) is 43.9 Å². The highest BCUT2D eigenvalue weighted by atomic mass is 31.2. The number of ether oxygens (including phenoxy) is 2. The second-order valence-electron chi connectivity index (χ2n) is 9.56. The van der Waals surface area contributed by atoms with Crippen LogP contribution in [0.15, 0.2) is 29.7 Å². The molecule has 9 N–H and O–H groups in total. The first-order valence-electron chi connectivity index (χ1n) is 12.6. The number of hydrogen-bond donors (Lipinski definition) is 8. The van der Waals surface area contributed by atoms with Crippen LogP contribution in [0, 0.1) is 0 Å². The van der Waals surface area contributed by atoms with E-state index in [2.05, 4.69) is 29.8 Å². The van der Waals surface area contributed by atoms with Crippen molar-refractivity contribution in [3.8, 4) is 0 Å². The Hall–Kier alpha value is -2.95. The second kappa shape index (κ2) is 12.4. The number of nitrogen functional groups attached to an aromatic ring is 1. The lowest BCUT2D eigenvalue weighted by Gasteiger charge is -2.24. The first-order chi connectivity index (χ1) is 20.7. The molecule has 22 nitrogen and oxygen atoms in total. The Balaban J connectivity index is 1.31. The van der Waals surface area contributed by atoms with Crippen LogP contribution in [0.3, 0.4) is 0 Å². The lowest BCUT2D eigenvalue weighted by Crippen LogP contribution is -2.37. The van der Waals surface area contributed by atoms with Gasteiger partial charge in [0.25, 0.3) is 0 Å². The van der Waals surface area contributed by atoms with Gasteiger partial charge in [0.2, 0.25) is 0 Å². The van der Waals surface area contributed by atoms with Crippen molar-refractivity contribution in [3.05, 3.63) is 35.4 Å². The maximum Gasteiger partial charge on any atom is 0.472 e. The molecule has 0 amide bonds. The molecule has 0 bridgehead atoms. The lowest BCUT2D eigenvalue weighted by molar-refractivity contribution is -0.0607. The zero-order valence-electron chi connectivity index (χ0n) is 22.4. The van der Waals surface area contributed by atoms with Crippen molar-refractivity contribution >= 4 is 38.4 Å². The van der Waals surface area contributed by atoms with Crippen LogP contribution in [0.5, 0.6) is 0 Å². The minimum atomic E-state index is -5.17. The summed E-state index contributed by atoms with van der Waals surface area (Å²) in [6, 6.07) is 1.25. The number of nitrogens with two attached hydrogens (primary N) is 1. The highest BCUT2D eigenvalue weighted by Gasteiger charge is 2.51. The smallest absolute Gasteiger partial charge is 0.387 e. The standard InChI is InChI=1S/C20H28N8O14P2/c1-22-16-11-17(24-6-23-16)28(7-25-11)19-14(31)15(9(41-19)5-38-43(33,34)35)42-44(36,37)39-4-8-12(29)13(30)18(40-8)27-3-2-10(21)26-20(27)32/h2-3,6-9,12-15,18-19,29-31H,4-5H2,1H3,(H,36,37)(H2,21,26,32)(H,22,23,24)(H2,33,34,35)/t8-,9-,12-,13-,14-,15-,18-,19-/m1/s1. The normalized spacial score (nSPS) is 30.5. The highest BCUT2D eigenvalue weighted by molar-refractivity contribution is 7.47. The second-order valence-corrected chi connectivity index (χ2v) is 12.2. The summed E-state index contributed by atoms with van der Waals surface area (Å²) in [6.45, 7) is -1.75. The van der Waals surface area contributed by atoms with Gasteiger partial charge in [0.05, 0.1) is 19.5 Å². The summed E-state index contributed by atoms with van der Waals surface area (Å²) in [6.07, 6.45) is -9.18. The maximum atomic E-state index is 13.0. The molecule has 0 radical (unpaired) electrons. The predicted molar refractivity (Wildman–Crippen MR) is 142 cm³/mol. The number of aliphatic hydroxyl groups excluding tert-OH is 3. The minimum Gasteiger partial charge on any atom is -0.387 e. The van der Waals surface area contributed by atoms with Crippen molar-refractivity contribution in [1.29, 1.82) is 0 Å². The Morgan fingerprint density at radius 3 is 2.34 bits per heavy atom. The van der Waals surface area contributed by atoms with Crippen LogP contribution < -0.4 is 16.7 Å². The quantitative estimate of drug-likeness (QED) is 0.0958. The third-order valence-electron chi connectivity index (χ3n) is 6.71. The Bertz CT molecular complexity index is 1650. The Morgan fingerprint density at radius 1 is 0.977 bits per heavy atom. The molecular weight excluding hydrogens is 638 g/mol. The summed E-state index contributed by atoms with van der Waals surface area (Å²) >= 11 is 0. The Morgan fingerprint density at radius 2 is 1.66 bits per heavy atom. The van der Waals surface area contributed by atoms with Crippen molar-refractivity contribution in [2.24, 2.45) is 0 Å². The number of anilines is 2. The Kier molecular flexibility index (Phi) is 9.18. The molecule has 5 heterocycles. The van der Waals surface area contributed by atoms with Crippen LogP contribution in [-0.4, -0.2) is 116 Å². The number of rotatable bonds is 11. The summed E-state index contributed by atoms with van der Waals surface area (Å²) in [5.74, 6) is 0.240. The number of phosphoric acid groups is 2. The molecule has 0 spiro atoms. The fraction of sp³-hybridized carbons (Fsp3) is 0.550. The molecule has 2 saturated heterocycles. The van der Waals surface area contributed by atoms with E-state index in [0.717, 1.165) is 4.57 Å². The third-order valence-corrected chi connectivity index (χ3v) is 8.18. The average Bonchev–Trinajstić information content (AvgIpc) is 3.60. The predicted octanol–water partition coefficient (Wildman–Crippen LogP) is -2.80. The molecule has 0 aliphatic carbocycles. The molecule has 2 aliphatic rings. The summed E-state index contributed by atoms with van der Waals surface area (Å²) in [5, 5.41) is 34.7. The first-order valence-corrected chi connectivity index (χ1v) is 15.6. The van der Waals surface area contributed by atoms with Gasteiger partial charge in [-0.3, -0.25) is 22.7 Å². The van der Waals surface area contributed by atoms with Crippen molar-refractivity contribution in [3.63, 3.8) is 0 Å². The largest absolute Gasteiger partial charge is 0.472 e. The van der Waals surface area contributed by atoms with Crippen molar-refractivity contribution < 1.29 is 62.2 Å². The van der Waals surface area contributed by atoms with Gasteiger partial charge in [-0.1, -0.05) is 0 Å². The van der Waals surface area contributed by atoms with E-state index >= 15 is 0 Å². The van der Waals surface area contributed by atoms with E-state index in [1.807, 2.05) is 0 Å². The number of imidazole rings is 1. The van der Waals surface area contributed by atoms with E-state index in [1.165, 1.54) is 29.5 Å². The maximum absolute atomic E-state index is 13.0. The Labute approximate surface area is 245 Å². The number of hydrogen-bond acceptors (Lipinski definition) is 17. The fourth-order valence-electron chi connectivity index (χ4n) is 4.67. The summed E-state index contributed by atoms with van der Waals surface area (Å²) in [5.41, 5.74) is 5.01. The molecule has 0 aromatic carbocycles. The number of aromatic nitrogens is 6. The van der Waals surface area contributed by atoms with E-state index in [1.54, 1.807) is 7.05 Å². The average molecular weight is 666 g/mol. The third kappa shape index (κ3) is 6.67.